The normalized spacial score (nSPS) is 19.9. The predicted octanol–water partition coefficient (Wildman–Crippen LogP) is 2.85. The summed E-state index contributed by atoms with van der Waals surface area (Å²) >= 11 is 0. The Morgan fingerprint density at radius 3 is 2.54 bits per heavy atom. The molecule has 0 aliphatic carbocycles. The van der Waals surface area contributed by atoms with E-state index in [0.717, 1.165) is 19.1 Å². The van der Waals surface area contributed by atoms with E-state index in [1.165, 1.54) is 50.9 Å². The summed E-state index contributed by atoms with van der Waals surface area (Å²) in [6, 6.07) is 6.64. The van der Waals surface area contributed by atoms with Gasteiger partial charge in [-0.3, -0.25) is 4.90 Å². The van der Waals surface area contributed by atoms with Crippen LogP contribution in [0.5, 0.6) is 5.75 Å². The van der Waals surface area contributed by atoms with Crippen molar-refractivity contribution in [3.8, 4) is 5.75 Å². The first-order valence-corrected chi connectivity index (χ1v) is 9.42. The Morgan fingerprint density at radius 1 is 1.08 bits per heavy atom. The molecule has 3 heterocycles. The second kappa shape index (κ2) is 8.14. The summed E-state index contributed by atoms with van der Waals surface area (Å²) in [4.78, 5) is 9.43. The highest BCUT2D eigenvalue weighted by molar-refractivity contribution is 5.22. The van der Waals surface area contributed by atoms with E-state index in [4.69, 9.17) is 9.26 Å². The van der Waals surface area contributed by atoms with Gasteiger partial charge in [0.25, 0.3) is 0 Å². The molecule has 0 spiro atoms. The van der Waals surface area contributed by atoms with Gasteiger partial charge in [0, 0.05) is 19.1 Å². The molecule has 2 aromatic rings. The summed E-state index contributed by atoms with van der Waals surface area (Å²) in [5.41, 5.74) is 0. The minimum atomic E-state index is -0.285. The summed E-state index contributed by atoms with van der Waals surface area (Å²) in [5.74, 6) is 1.44. The van der Waals surface area contributed by atoms with Gasteiger partial charge in [0.2, 0.25) is 11.7 Å². The van der Waals surface area contributed by atoms with Crippen LogP contribution in [0.1, 0.15) is 37.4 Å². The maximum Gasteiger partial charge on any atom is 0.240 e. The van der Waals surface area contributed by atoms with Crippen molar-refractivity contribution in [3.63, 3.8) is 0 Å². The van der Waals surface area contributed by atoms with Crippen LogP contribution in [-0.2, 0) is 13.2 Å². The van der Waals surface area contributed by atoms with Crippen LogP contribution in [-0.4, -0.2) is 52.2 Å². The number of hydrogen-bond acceptors (Lipinski definition) is 6. The van der Waals surface area contributed by atoms with Crippen LogP contribution in [0.2, 0.25) is 0 Å². The van der Waals surface area contributed by atoms with Crippen LogP contribution in [0, 0.1) is 5.82 Å². The van der Waals surface area contributed by atoms with Crippen molar-refractivity contribution in [2.45, 2.75) is 44.9 Å². The fourth-order valence-corrected chi connectivity index (χ4v) is 3.83. The zero-order valence-corrected chi connectivity index (χ0v) is 14.9. The highest BCUT2D eigenvalue weighted by Crippen LogP contribution is 2.22. The van der Waals surface area contributed by atoms with Gasteiger partial charge in [-0.2, -0.15) is 4.98 Å². The fourth-order valence-electron chi connectivity index (χ4n) is 3.83. The van der Waals surface area contributed by atoms with Gasteiger partial charge in [0.05, 0.1) is 6.54 Å². The molecule has 2 aliphatic rings. The van der Waals surface area contributed by atoms with Crippen molar-refractivity contribution < 1.29 is 13.7 Å². The molecular weight excluding hydrogens is 335 g/mol. The van der Waals surface area contributed by atoms with Crippen molar-refractivity contribution in [2.24, 2.45) is 0 Å². The molecule has 26 heavy (non-hydrogen) atoms. The average Bonchev–Trinajstić information content (AvgIpc) is 3.34. The summed E-state index contributed by atoms with van der Waals surface area (Å²) in [5, 5.41) is 3.97. The summed E-state index contributed by atoms with van der Waals surface area (Å²) in [6.45, 7) is 5.59. The third kappa shape index (κ3) is 4.40. The topological polar surface area (TPSA) is 54.6 Å². The van der Waals surface area contributed by atoms with E-state index in [2.05, 4.69) is 19.9 Å². The fraction of sp³-hybridized carbons (Fsp3) is 0.579. The summed E-state index contributed by atoms with van der Waals surface area (Å²) < 4.78 is 23.8. The molecule has 4 rings (SSSR count). The van der Waals surface area contributed by atoms with E-state index >= 15 is 0 Å². The van der Waals surface area contributed by atoms with Crippen molar-refractivity contribution in [1.82, 2.24) is 19.9 Å². The van der Waals surface area contributed by atoms with Gasteiger partial charge in [-0.05, 0) is 63.0 Å². The first kappa shape index (κ1) is 17.4. The summed E-state index contributed by atoms with van der Waals surface area (Å²) in [7, 11) is 0. The number of piperidine rings is 1. The summed E-state index contributed by atoms with van der Waals surface area (Å²) in [6.07, 6.45) is 5.14. The van der Waals surface area contributed by atoms with E-state index in [9.17, 15) is 4.39 Å². The van der Waals surface area contributed by atoms with Crippen LogP contribution in [0.3, 0.4) is 0 Å². The lowest BCUT2D eigenvalue weighted by Gasteiger charge is -2.36. The number of rotatable bonds is 6. The maximum atomic E-state index is 12.9. The molecule has 0 saturated carbocycles. The molecule has 140 valence electrons. The number of aromatic nitrogens is 2. The Morgan fingerprint density at radius 2 is 1.81 bits per heavy atom. The van der Waals surface area contributed by atoms with E-state index in [1.807, 2.05) is 0 Å². The van der Waals surface area contributed by atoms with Gasteiger partial charge in [-0.25, -0.2) is 4.39 Å². The lowest BCUT2D eigenvalue weighted by atomic mass is 10.0. The first-order chi connectivity index (χ1) is 12.8. The minimum Gasteiger partial charge on any atom is -0.485 e. The van der Waals surface area contributed by atoms with Crippen molar-refractivity contribution in [3.05, 3.63) is 41.8 Å². The lowest BCUT2D eigenvalue weighted by Crippen LogP contribution is -2.43. The van der Waals surface area contributed by atoms with Crippen LogP contribution in [0.15, 0.2) is 28.8 Å². The highest BCUT2D eigenvalue weighted by Gasteiger charge is 2.27. The second-order valence-corrected chi connectivity index (χ2v) is 7.10. The van der Waals surface area contributed by atoms with Crippen LogP contribution >= 0.6 is 0 Å². The van der Waals surface area contributed by atoms with Crippen molar-refractivity contribution in [1.29, 1.82) is 0 Å². The molecule has 2 saturated heterocycles. The average molecular weight is 360 g/mol. The molecule has 0 atom stereocenters. The molecule has 2 fully saturated rings. The number of halogens is 1. The largest absolute Gasteiger partial charge is 0.485 e. The number of benzene rings is 1. The quantitative estimate of drug-likeness (QED) is 0.790. The first-order valence-electron chi connectivity index (χ1n) is 9.42. The van der Waals surface area contributed by atoms with Crippen molar-refractivity contribution >= 4 is 0 Å². The van der Waals surface area contributed by atoms with Gasteiger partial charge < -0.3 is 14.2 Å². The van der Waals surface area contributed by atoms with Gasteiger partial charge in [-0.1, -0.05) is 5.16 Å². The SMILES string of the molecule is Fc1ccc(OCc2noc(CN3CCC(N4CCCC4)CC3)n2)cc1. The van der Waals surface area contributed by atoms with Crippen LogP contribution in [0.4, 0.5) is 4.39 Å². The standard InChI is InChI=1S/C19H25FN4O2/c20-15-3-5-17(6-4-15)25-14-18-21-19(26-22-18)13-23-11-7-16(8-12-23)24-9-1-2-10-24/h3-6,16H,1-2,7-14H2. The van der Waals surface area contributed by atoms with Crippen LogP contribution in [0.25, 0.3) is 0 Å². The Labute approximate surface area is 152 Å². The van der Waals surface area contributed by atoms with E-state index in [1.54, 1.807) is 12.1 Å². The van der Waals surface area contributed by atoms with Gasteiger partial charge in [-0.15, -0.1) is 0 Å². The number of likely N-dealkylation sites (tertiary alicyclic amines) is 2. The molecule has 1 aromatic carbocycles. The highest BCUT2D eigenvalue weighted by atomic mass is 19.1. The molecule has 7 heteroatoms. The Bertz CT molecular complexity index is 692. The van der Waals surface area contributed by atoms with Crippen molar-refractivity contribution in [2.75, 3.05) is 26.2 Å². The van der Waals surface area contributed by atoms with Gasteiger partial charge in [0.1, 0.15) is 11.6 Å². The third-order valence-electron chi connectivity index (χ3n) is 5.26. The zero-order chi connectivity index (χ0) is 17.8. The lowest BCUT2D eigenvalue weighted by molar-refractivity contribution is 0.114. The Kier molecular flexibility index (Phi) is 5.45. The monoisotopic (exact) mass is 360 g/mol. The van der Waals surface area contributed by atoms with Crippen LogP contribution < -0.4 is 4.74 Å². The molecule has 2 aliphatic heterocycles. The van der Waals surface area contributed by atoms with Gasteiger partial charge in [0.15, 0.2) is 6.61 Å². The number of ether oxygens (including phenoxy) is 1. The minimum absolute atomic E-state index is 0.214. The number of hydrogen-bond donors (Lipinski definition) is 0. The molecule has 0 radical (unpaired) electrons. The second-order valence-electron chi connectivity index (χ2n) is 7.10. The molecule has 0 amide bonds. The number of nitrogens with zero attached hydrogens (tertiary/aromatic N) is 4. The predicted molar refractivity (Wildman–Crippen MR) is 94.1 cm³/mol. The molecule has 0 unspecified atom stereocenters. The Hall–Kier alpha value is -1.99. The molecule has 0 bridgehead atoms. The maximum absolute atomic E-state index is 12.9. The zero-order valence-electron chi connectivity index (χ0n) is 14.9. The molecule has 6 nitrogen and oxygen atoms in total. The van der Waals surface area contributed by atoms with E-state index in [-0.39, 0.29) is 12.4 Å². The van der Waals surface area contributed by atoms with E-state index < -0.39 is 0 Å². The Balaban J connectivity index is 1.23. The molecule has 1 aromatic heterocycles. The third-order valence-corrected chi connectivity index (χ3v) is 5.26. The smallest absolute Gasteiger partial charge is 0.240 e. The molecular formula is C19H25FN4O2. The van der Waals surface area contributed by atoms with Gasteiger partial charge >= 0.3 is 0 Å². The van der Waals surface area contributed by atoms with E-state index in [0.29, 0.717) is 24.0 Å². The molecule has 0 N–H and O–H groups in total.